The molecule has 2 heterocycles. The van der Waals surface area contributed by atoms with E-state index in [1.807, 2.05) is 14.0 Å². The van der Waals surface area contributed by atoms with Gasteiger partial charge in [-0.15, -0.1) is 0 Å². The lowest BCUT2D eigenvalue weighted by Crippen LogP contribution is -2.58. The lowest BCUT2D eigenvalue weighted by Gasteiger charge is -2.54. The van der Waals surface area contributed by atoms with Crippen molar-refractivity contribution < 1.29 is 23.8 Å². The number of carbonyl (C=O) groups is 1. The van der Waals surface area contributed by atoms with Gasteiger partial charge in [-0.3, -0.25) is 14.5 Å². The molecule has 10 heteroatoms. The fraction of sp³-hybridized carbons (Fsp3) is 0.538. The van der Waals surface area contributed by atoms with Crippen molar-refractivity contribution in [2.45, 2.75) is 51.2 Å². The van der Waals surface area contributed by atoms with E-state index in [1.165, 1.54) is 12.1 Å². The molecule has 2 aliphatic rings. The Labute approximate surface area is 215 Å². The average molecular weight is 522 g/mol. The molecule has 1 aromatic heterocycles. The highest BCUT2D eigenvalue weighted by Gasteiger charge is 2.49. The second-order valence-corrected chi connectivity index (χ2v) is 10.3. The number of fused-ring (bicyclic) bond motifs is 2. The number of nitrogens with zero attached hydrogens (tertiary/aromatic N) is 2. The highest BCUT2D eigenvalue weighted by molar-refractivity contribution is 6.32. The van der Waals surface area contributed by atoms with Crippen LogP contribution in [0.1, 0.15) is 54.2 Å². The maximum atomic E-state index is 14.4. The molecule has 0 saturated heterocycles. The minimum Gasteiger partial charge on any atom is -0.506 e. The number of carbonyl (C=O) groups excluding carboxylic acids is 1. The van der Waals surface area contributed by atoms with Gasteiger partial charge in [0.1, 0.15) is 16.3 Å². The van der Waals surface area contributed by atoms with Crippen LogP contribution in [-0.4, -0.2) is 54.4 Å². The van der Waals surface area contributed by atoms with Crippen molar-refractivity contribution >= 4 is 17.5 Å². The Morgan fingerprint density at radius 3 is 2.81 bits per heavy atom. The fourth-order valence-corrected chi connectivity index (χ4v) is 5.58. The first kappa shape index (κ1) is 26.4. The molecule has 196 valence electrons. The number of phenolic OH excluding ortho intramolecular Hbond substituents is 1. The van der Waals surface area contributed by atoms with E-state index < -0.39 is 22.2 Å². The molecule has 1 amide bonds. The zero-order chi connectivity index (χ0) is 26.0. The van der Waals surface area contributed by atoms with Crippen molar-refractivity contribution in [1.82, 2.24) is 14.8 Å². The van der Waals surface area contributed by atoms with Crippen LogP contribution in [0.2, 0.25) is 5.02 Å². The lowest BCUT2D eigenvalue weighted by molar-refractivity contribution is -0.0273. The first-order chi connectivity index (χ1) is 17.2. The van der Waals surface area contributed by atoms with Crippen molar-refractivity contribution in [3.63, 3.8) is 0 Å². The zero-order valence-corrected chi connectivity index (χ0v) is 21.7. The number of halogens is 2. The standard InChI is InChI=1S/C26H33ClFN3O5/c1-4-5-8-36-24-19-13-30(2)15-26(9-16(10-26)14-35-3)31(19)12-18(23(24)33)25(34)29-11-17-6-7-20(32)21(27)22(17)28/h6-7,12,16,32H,4-5,8-11,13-15H2,1-3H3,(H,29,34). The topological polar surface area (TPSA) is 93.0 Å². The number of amides is 1. The Bertz CT molecular complexity index is 1200. The molecular weight excluding hydrogens is 489 g/mol. The normalized spacial score (nSPS) is 21.2. The number of benzene rings is 1. The molecule has 36 heavy (non-hydrogen) atoms. The summed E-state index contributed by atoms with van der Waals surface area (Å²) >= 11 is 5.78. The predicted molar refractivity (Wildman–Crippen MR) is 134 cm³/mol. The summed E-state index contributed by atoms with van der Waals surface area (Å²) in [4.78, 5) is 28.9. The number of aromatic hydroxyl groups is 1. The lowest BCUT2D eigenvalue weighted by atomic mass is 9.67. The van der Waals surface area contributed by atoms with Gasteiger partial charge in [0.15, 0.2) is 11.6 Å². The van der Waals surface area contributed by atoms with E-state index in [4.69, 9.17) is 21.1 Å². The van der Waals surface area contributed by atoms with Gasteiger partial charge in [-0.1, -0.05) is 31.0 Å². The second kappa shape index (κ2) is 10.8. The van der Waals surface area contributed by atoms with Gasteiger partial charge >= 0.3 is 0 Å². The van der Waals surface area contributed by atoms with Crippen molar-refractivity contribution in [3.8, 4) is 11.5 Å². The molecule has 2 N–H and O–H groups in total. The Morgan fingerprint density at radius 2 is 2.11 bits per heavy atom. The van der Waals surface area contributed by atoms with E-state index in [0.717, 1.165) is 37.9 Å². The van der Waals surface area contributed by atoms with Crippen LogP contribution in [0.3, 0.4) is 0 Å². The van der Waals surface area contributed by atoms with Crippen LogP contribution in [0.25, 0.3) is 0 Å². The molecule has 0 atom stereocenters. The van der Waals surface area contributed by atoms with Gasteiger partial charge in [0, 0.05) is 45.1 Å². The highest BCUT2D eigenvalue weighted by Crippen LogP contribution is 2.48. The van der Waals surface area contributed by atoms with Gasteiger partial charge in [0.25, 0.3) is 5.91 Å². The van der Waals surface area contributed by atoms with E-state index in [0.29, 0.717) is 25.7 Å². The molecule has 0 unspecified atom stereocenters. The van der Waals surface area contributed by atoms with Crippen LogP contribution >= 0.6 is 11.6 Å². The van der Waals surface area contributed by atoms with Gasteiger partial charge in [0.05, 0.1) is 17.8 Å². The smallest absolute Gasteiger partial charge is 0.257 e. The minimum absolute atomic E-state index is 0.0466. The van der Waals surface area contributed by atoms with E-state index in [1.54, 1.807) is 13.3 Å². The maximum Gasteiger partial charge on any atom is 0.257 e. The third-order valence-electron chi connectivity index (χ3n) is 7.07. The molecule has 1 fully saturated rings. The average Bonchev–Trinajstić information content (AvgIpc) is 2.82. The van der Waals surface area contributed by atoms with Gasteiger partial charge in [0.2, 0.25) is 5.43 Å². The van der Waals surface area contributed by atoms with E-state index in [2.05, 4.69) is 14.8 Å². The summed E-state index contributed by atoms with van der Waals surface area (Å²) in [6.45, 7) is 4.21. The maximum absolute atomic E-state index is 14.4. The monoisotopic (exact) mass is 521 g/mol. The molecule has 1 aromatic carbocycles. The van der Waals surface area contributed by atoms with Crippen LogP contribution in [0, 0.1) is 11.7 Å². The van der Waals surface area contributed by atoms with Crippen LogP contribution in [0.15, 0.2) is 23.1 Å². The number of nitrogens with one attached hydrogen (secondary N) is 1. The Kier molecular flexibility index (Phi) is 7.92. The molecule has 0 radical (unpaired) electrons. The highest BCUT2D eigenvalue weighted by atomic mass is 35.5. The summed E-state index contributed by atoms with van der Waals surface area (Å²) in [5.41, 5.74) is 0.0944. The van der Waals surface area contributed by atoms with E-state index in [-0.39, 0.29) is 34.7 Å². The number of phenols is 1. The number of methoxy groups -OCH3 is 1. The summed E-state index contributed by atoms with van der Waals surface area (Å²) in [5, 5.41) is 11.8. The molecule has 4 rings (SSSR count). The van der Waals surface area contributed by atoms with Gasteiger partial charge in [-0.2, -0.15) is 0 Å². The second-order valence-electron chi connectivity index (χ2n) is 9.90. The number of pyridine rings is 1. The van der Waals surface area contributed by atoms with Crippen molar-refractivity contribution in [2.75, 3.05) is 33.9 Å². The van der Waals surface area contributed by atoms with Crippen molar-refractivity contribution in [2.24, 2.45) is 5.92 Å². The van der Waals surface area contributed by atoms with Crippen molar-refractivity contribution in [3.05, 3.63) is 56.2 Å². The number of aromatic nitrogens is 1. The molecule has 0 bridgehead atoms. The molecule has 1 aliphatic carbocycles. The minimum atomic E-state index is -0.816. The predicted octanol–water partition coefficient (Wildman–Crippen LogP) is 3.65. The summed E-state index contributed by atoms with van der Waals surface area (Å²) in [5.74, 6) is -1.22. The third kappa shape index (κ3) is 4.96. The van der Waals surface area contributed by atoms with E-state index in [9.17, 15) is 19.1 Å². The van der Waals surface area contributed by atoms with E-state index >= 15 is 0 Å². The number of hydrogen-bond acceptors (Lipinski definition) is 6. The number of hydrogen-bond donors (Lipinski definition) is 2. The Balaban J connectivity index is 1.69. The summed E-state index contributed by atoms with van der Waals surface area (Å²) in [6, 6.07) is 2.60. The Morgan fingerprint density at radius 1 is 1.36 bits per heavy atom. The van der Waals surface area contributed by atoms with Gasteiger partial charge in [-0.05, 0) is 38.3 Å². The van der Waals surface area contributed by atoms with Gasteiger partial charge in [-0.25, -0.2) is 4.39 Å². The first-order valence-electron chi connectivity index (χ1n) is 12.2. The number of unbranched alkanes of at least 4 members (excludes halogenated alkanes) is 1. The number of likely N-dealkylation sites (N-methyl/N-ethyl adjacent to an activating group) is 1. The largest absolute Gasteiger partial charge is 0.506 e. The number of ether oxygens (including phenoxy) is 2. The SMILES string of the molecule is CCCCOc1c2n(cc(C(=O)NCc3ccc(O)c(Cl)c3F)c1=O)C1(CC(COC)C1)CN(C)C2. The summed E-state index contributed by atoms with van der Waals surface area (Å²) < 4.78 is 27.8. The summed E-state index contributed by atoms with van der Waals surface area (Å²) in [6.07, 6.45) is 5.07. The van der Waals surface area contributed by atoms with Gasteiger partial charge < -0.3 is 24.5 Å². The van der Waals surface area contributed by atoms with Crippen LogP contribution in [0.5, 0.6) is 11.5 Å². The molecule has 1 aliphatic heterocycles. The molecular formula is C26H33ClFN3O5. The first-order valence-corrected chi connectivity index (χ1v) is 12.6. The number of rotatable bonds is 9. The molecule has 8 nitrogen and oxygen atoms in total. The zero-order valence-electron chi connectivity index (χ0n) is 20.9. The molecule has 1 spiro atoms. The van der Waals surface area contributed by atoms with Crippen LogP contribution in [-0.2, 0) is 23.4 Å². The fourth-order valence-electron chi connectivity index (χ4n) is 5.40. The van der Waals surface area contributed by atoms with Crippen molar-refractivity contribution in [1.29, 1.82) is 0 Å². The Hall–Kier alpha value is -2.62. The third-order valence-corrected chi connectivity index (χ3v) is 7.43. The molecule has 2 aromatic rings. The molecule has 1 saturated carbocycles. The summed E-state index contributed by atoms with van der Waals surface area (Å²) in [7, 11) is 3.71. The quantitative estimate of drug-likeness (QED) is 0.489. The van der Waals surface area contributed by atoms with Crippen LogP contribution in [0.4, 0.5) is 4.39 Å². The van der Waals surface area contributed by atoms with Crippen LogP contribution < -0.4 is 15.5 Å².